The van der Waals surface area contributed by atoms with Gasteiger partial charge in [-0.3, -0.25) is 0 Å². The lowest BCUT2D eigenvalue weighted by Crippen LogP contribution is -2.52. The average Bonchev–Trinajstić information content (AvgIpc) is 2.48. The topological polar surface area (TPSA) is 70.6 Å². The number of carbonyl (C=O) groups excluding carboxylic acids is 1. The van der Waals surface area contributed by atoms with Crippen LogP contribution >= 0.6 is 0 Å². The van der Waals surface area contributed by atoms with Crippen molar-refractivity contribution in [3.05, 3.63) is 41.7 Å². The molecule has 3 N–H and O–H groups in total. The van der Waals surface area contributed by atoms with E-state index in [0.717, 1.165) is 17.4 Å². The van der Waals surface area contributed by atoms with Crippen LogP contribution in [0.3, 0.4) is 0 Å². The number of anilines is 1. The van der Waals surface area contributed by atoms with Crippen LogP contribution < -0.4 is 10.6 Å². The summed E-state index contributed by atoms with van der Waals surface area (Å²) in [6.45, 7) is 4.23. The van der Waals surface area contributed by atoms with Gasteiger partial charge in [0, 0.05) is 5.69 Å². The highest BCUT2D eigenvalue weighted by atomic mass is 19.4. The Kier molecular flexibility index (Phi) is 6.65. The molecule has 1 rings (SSSR count). The molecule has 0 aliphatic heterocycles. The molecule has 5 nitrogen and oxygen atoms in total. The molecule has 0 bridgehead atoms. The third-order valence-electron chi connectivity index (χ3n) is 3.34. The molecule has 0 radical (unpaired) electrons. The molecular weight excluding hydrogens is 325 g/mol. The van der Waals surface area contributed by atoms with Gasteiger partial charge in [0.15, 0.2) is 5.60 Å². The Bertz CT molecular complexity index is 582. The number of nitrogens with one attached hydrogen (secondary N) is 2. The Morgan fingerprint density at radius 1 is 1.29 bits per heavy atom. The van der Waals surface area contributed by atoms with E-state index in [1.807, 2.05) is 5.32 Å². The normalized spacial score (nSPS) is 14.3. The number of halogens is 3. The zero-order chi connectivity index (χ0) is 18.4. The van der Waals surface area contributed by atoms with E-state index in [-0.39, 0.29) is 6.61 Å². The Morgan fingerprint density at radius 2 is 1.88 bits per heavy atom. The summed E-state index contributed by atoms with van der Waals surface area (Å²) in [4.78, 5) is 11.9. The Morgan fingerprint density at radius 3 is 2.38 bits per heavy atom. The highest BCUT2D eigenvalue weighted by Crippen LogP contribution is 2.31. The van der Waals surface area contributed by atoms with Crippen molar-refractivity contribution in [2.45, 2.75) is 32.5 Å². The van der Waals surface area contributed by atoms with Gasteiger partial charge in [-0.2, -0.15) is 13.2 Å². The molecule has 134 valence electrons. The molecule has 0 heterocycles. The van der Waals surface area contributed by atoms with Crippen LogP contribution in [0.2, 0.25) is 0 Å². The molecule has 0 unspecified atom stereocenters. The minimum absolute atomic E-state index is 0.158. The van der Waals surface area contributed by atoms with Crippen LogP contribution in [0.4, 0.5) is 23.7 Å². The van der Waals surface area contributed by atoms with Crippen LogP contribution in [0, 0.1) is 13.8 Å². The maximum Gasteiger partial charge on any atom is 0.422 e. The minimum Gasteiger partial charge on any atom is -0.502 e. The SMILES string of the molecule is CCO/C=C/[C@](O)(CNC(=O)Nc1c(C)cccc1C)C(F)(F)F. The number of rotatable bonds is 6. The quantitative estimate of drug-likeness (QED) is 0.693. The van der Waals surface area contributed by atoms with Gasteiger partial charge in [0.2, 0.25) is 0 Å². The number of urea groups is 1. The molecule has 0 fully saturated rings. The summed E-state index contributed by atoms with van der Waals surface area (Å²) in [6, 6.07) is 4.48. The predicted octanol–water partition coefficient (Wildman–Crippen LogP) is 3.27. The molecule has 1 atom stereocenters. The molecule has 0 aromatic heterocycles. The van der Waals surface area contributed by atoms with Crippen LogP contribution in [0.1, 0.15) is 18.1 Å². The molecule has 1 aromatic carbocycles. The first-order valence-corrected chi connectivity index (χ1v) is 7.30. The van der Waals surface area contributed by atoms with Crippen LogP contribution in [-0.4, -0.2) is 36.1 Å². The fourth-order valence-electron chi connectivity index (χ4n) is 1.89. The van der Waals surface area contributed by atoms with E-state index in [0.29, 0.717) is 11.8 Å². The Labute approximate surface area is 138 Å². The van der Waals surface area contributed by atoms with E-state index in [1.165, 1.54) is 0 Å². The summed E-state index contributed by atoms with van der Waals surface area (Å²) >= 11 is 0. The summed E-state index contributed by atoms with van der Waals surface area (Å²) in [5, 5.41) is 14.3. The van der Waals surface area contributed by atoms with Gasteiger partial charge in [-0.1, -0.05) is 18.2 Å². The first kappa shape index (κ1) is 19.8. The summed E-state index contributed by atoms with van der Waals surface area (Å²) in [6.07, 6.45) is -3.74. The summed E-state index contributed by atoms with van der Waals surface area (Å²) < 4.78 is 43.7. The van der Waals surface area contributed by atoms with Crippen LogP contribution in [0.15, 0.2) is 30.5 Å². The predicted molar refractivity (Wildman–Crippen MR) is 84.7 cm³/mol. The molecule has 24 heavy (non-hydrogen) atoms. The number of ether oxygens (including phenoxy) is 1. The first-order chi connectivity index (χ1) is 11.1. The van der Waals surface area contributed by atoms with Gasteiger partial charge >= 0.3 is 12.2 Å². The van der Waals surface area contributed by atoms with Crippen molar-refractivity contribution in [1.82, 2.24) is 5.32 Å². The number of alkyl halides is 3. The van der Waals surface area contributed by atoms with Gasteiger partial charge in [0.05, 0.1) is 19.4 Å². The van der Waals surface area contributed by atoms with Crippen LogP contribution in [0.25, 0.3) is 0 Å². The zero-order valence-electron chi connectivity index (χ0n) is 13.7. The maximum atomic E-state index is 13.0. The van der Waals surface area contributed by atoms with Crippen molar-refractivity contribution in [2.24, 2.45) is 0 Å². The summed E-state index contributed by atoms with van der Waals surface area (Å²) in [5.41, 5.74) is -1.17. The third kappa shape index (κ3) is 5.16. The number of amides is 2. The average molecular weight is 346 g/mol. The van der Waals surface area contributed by atoms with Crippen molar-refractivity contribution in [2.75, 3.05) is 18.5 Å². The number of aliphatic hydroxyl groups is 1. The second-order valence-electron chi connectivity index (χ2n) is 5.25. The zero-order valence-corrected chi connectivity index (χ0v) is 13.7. The number of carbonyl (C=O) groups is 1. The smallest absolute Gasteiger partial charge is 0.422 e. The third-order valence-corrected chi connectivity index (χ3v) is 3.34. The van der Waals surface area contributed by atoms with Gasteiger partial charge in [0.1, 0.15) is 0 Å². The van der Waals surface area contributed by atoms with Crippen molar-refractivity contribution in [1.29, 1.82) is 0 Å². The van der Waals surface area contributed by atoms with Gasteiger partial charge in [-0.25, -0.2) is 4.79 Å². The van der Waals surface area contributed by atoms with Gasteiger partial charge in [0.25, 0.3) is 0 Å². The largest absolute Gasteiger partial charge is 0.502 e. The summed E-state index contributed by atoms with van der Waals surface area (Å²) in [7, 11) is 0. The highest BCUT2D eigenvalue weighted by Gasteiger charge is 2.52. The van der Waals surface area contributed by atoms with Crippen molar-refractivity contribution < 1.29 is 27.8 Å². The van der Waals surface area contributed by atoms with Crippen LogP contribution in [-0.2, 0) is 4.74 Å². The van der Waals surface area contributed by atoms with E-state index in [9.17, 15) is 23.1 Å². The molecule has 0 aliphatic carbocycles. The molecular formula is C16H21F3N2O3. The lowest BCUT2D eigenvalue weighted by Gasteiger charge is -2.27. The van der Waals surface area contributed by atoms with Crippen LogP contribution in [0.5, 0.6) is 0 Å². The monoisotopic (exact) mass is 346 g/mol. The van der Waals surface area contributed by atoms with E-state index in [4.69, 9.17) is 0 Å². The van der Waals surface area contributed by atoms with E-state index < -0.39 is 24.4 Å². The number of hydrogen-bond donors (Lipinski definition) is 3. The van der Waals surface area contributed by atoms with Gasteiger partial charge in [-0.15, -0.1) is 0 Å². The molecule has 0 spiro atoms. The lowest BCUT2D eigenvalue weighted by molar-refractivity contribution is -0.237. The molecule has 0 aliphatic rings. The second kappa shape index (κ2) is 8.05. The maximum absolute atomic E-state index is 13.0. The lowest BCUT2D eigenvalue weighted by atomic mass is 10.0. The highest BCUT2D eigenvalue weighted by molar-refractivity contribution is 5.91. The van der Waals surface area contributed by atoms with E-state index in [2.05, 4.69) is 10.1 Å². The molecule has 2 amide bonds. The molecule has 0 saturated carbocycles. The van der Waals surface area contributed by atoms with Crippen molar-refractivity contribution in [3.8, 4) is 0 Å². The fourth-order valence-corrected chi connectivity index (χ4v) is 1.89. The number of para-hydroxylation sites is 1. The standard InChI is InChI=1S/C16H21F3N2O3/c1-4-24-9-8-15(23,16(17,18)19)10-20-14(22)21-13-11(2)6-5-7-12(13)3/h5-9,23H,4,10H2,1-3H3,(H2,20,21,22)/b9-8+/t15-/m0/s1. The Balaban J connectivity index is 2.78. The first-order valence-electron chi connectivity index (χ1n) is 7.30. The minimum atomic E-state index is -4.97. The van der Waals surface area contributed by atoms with E-state index in [1.54, 1.807) is 39.0 Å². The second-order valence-corrected chi connectivity index (χ2v) is 5.25. The molecule has 8 heteroatoms. The number of benzene rings is 1. The number of hydrogen-bond acceptors (Lipinski definition) is 3. The van der Waals surface area contributed by atoms with Gasteiger partial charge in [-0.05, 0) is 38.0 Å². The fraction of sp³-hybridized carbons (Fsp3) is 0.438. The van der Waals surface area contributed by atoms with Crippen molar-refractivity contribution in [3.63, 3.8) is 0 Å². The van der Waals surface area contributed by atoms with Crippen molar-refractivity contribution >= 4 is 11.7 Å². The molecule has 0 saturated heterocycles. The van der Waals surface area contributed by atoms with Gasteiger partial charge < -0.3 is 20.5 Å². The molecule has 1 aromatic rings. The number of aryl methyl sites for hydroxylation is 2. The summed E-state index contributed by atoms with van der Waals surface area (Å²) in [5.74, 6) is 0. The Hall–Kier alpha value is -2.22. The van der Waals surface area contributed by atoms with E-state index >= 15 is 0 Å².